The molecule has 15 heavy (non-hydrogen) atoms. The molecule has 3 heteroatoms. The minimum absolute atomic E-state index is 0.108. The van der Waals surface area contributed by atoms with Crippen LogP contribution in [0.2, 0.25) is 0 Å². The lowest BCUT2D eigenvalue weighted by Crippen LogP contribution is -2.16. The van der Waals surface area contributed by atoms with Gasteiger partial charge in [0.25, 0.3) is 0 Å². The molecule has 0 aromatic carbocycles. The Morgan fingerprint density at radius 3 is 2.87 bits per heavy atom. The average molecular weight is 220 g/mol. The third kappa shape index (κ3) is 1.61. The van der Waals surface area contributed by atoms with E-state index >= 15 is 0 Å². The van der Waals surface area contributed by atoms with Crippen LogP contribution in [0.15, 0.2) is 18.3 Å². The summed E-state index contributed by atoms with van der Waals surface area (Å²) in [6.07, 6.45) is 2.91. The van der Waals surface area contributed by atoms with Crippen molar-refractivity contribution < 1.29 is 0 Å². The minimum atomic E-state index is 0.108. The number of rotatable bonds is 2. The van der Waals surface area contributed by atoms with Crippen molar-refractivity contribution in [3.05, 3.63) is 23.9 Å². The number of nitrogens with zero attached hydrogens (tertiary/aromatic N) is 1. The Morgan fingerprint density at radius 1 is 1.47 bits per heavy atom. The minimum Gasteiger partial charge on any atom is -0.390 e. The van der Waals surface area contributed by atoms with E-state index < -0.39 is 0 Å². The van der Waals surface area contributed by atoms with Crippen molar-refractivity contribution >= 4 is 26.6 Å². The fourth-order valence-electron chi connectivity index (χ4n) is 1.78. The van der Waals surface area contributed by atoms with Crippen molar-refractivity contribution in [3.63, 3.8) is 0 Å². The molecule has 0 fully saturated rings. The molecule has 0 radical (unpaired) electrons. The van der Waals surface area contributed by atoms with Crippen LogP contribution in [0.4, 0.5) is 5.00 Å². The third-order valence-electron chi connectivity index (χ3n) is 3.03. The first-order valence-corrected chi connectivity index (χ1v) is 6.01. The number of fused-ring (bicyclic) bond motifs is 1. The fourth-order valence-corrected chi connectivity index (χ4v) is 2.89. The van der Waals surface area contributed by atoms with Gasteiger partial charge >= 0.3 is 0 Å². The lowest BCUT2D eigenvalue weighted by atomic mass is 9.82. The number of hydrogen-bond acceptors (Lipinski definition) is 3. The molecular formula is C12H16N2S. The zero-order valence-corrected chi connectivity index (χ0v) is 10.2. The molecule has 0 amide bonds. The molecule has 2 aromatic heterocycles. The van der Waals surface area contributed by atoms with Crippen molar-refractivity contribution in [2.45, 2.75) is 32.6 Å². The zero-order chi connectivity index (χ0) is 11.1. The molecule has 0 aliphatic heterocycles. The van der Waals surface area contributed by atoms with Gasteiger partial charge < -0.3 is 5.73 Å². The van der Waals surface area contributed by atoms with E-state index in [1.807, 2.05) is 12.3 Å². The highest BCUT2D eigenvalue weighted by Gasteiger charge is 2.25. The maximum absolute atomic E-state index is 6.09. The van der Waals surface area contributed by atoms with Gasteiger partial charge in [-0.3, -0.25) is 4.98 Å². The summed E-state index contributed by atoms with van der Waals surface area (Å²) < 4.78 is 1.19. The summed E-state index contributed by atoms with van der Waals surface area (Å²) in [5.74, 6) is 0. The molecule has 2 nitrogen and oxygen atoms in total. The first-order chi connectivity index (χ1) is 7.06. The summed E-state index contributed by atoms with van der Waals surface area (Å²) in [5.41, 5.74) is 8.49. The number of thiophene rings is 1. The van der Waals surface area contributed by atoms with Crippen molar-refractivity contribution in [1.82, 2.24) is 4.98 Å². The van der Waals surface area contributed by atoms with Crippen LogP contribution in [0.5, 0.6) is 0 Å². The molecular weight excluding hydrogens is 204 g/mol. The molecule has 0 saturated heterocycles. The summed E-state index contributed by atoms with van der Waals surface area (Å²) in [4.78, 5) is 4.45. The van der Waals surface area contributed by atoms with Crippen LogP contribution in [0.25, 0.3) is 10.2 Å². The topological polar surface area (TPSA) is 38.9 Å². The lowest BCUT2D eigenvalue weighted by Gasteiger charge is -2.22. The van der Waals surface area contributed by atoms with Gasteiger partial charge in [-0.2, -0.15) is 0 Å². The largest absolute Gasteiger partial charge is 0.390 e. The number of hydrogen-bond donors (Lipinski definition) is 1. The maximum Gasteiger partial charge on any atom is 0.0923 e. The molecule has 2 N–H and O–H groups in total. The van der Waals surface area contributed by atoms with Gasteiger partial charge in [0.1, 0.15) is 0 Å². The fraction of sp³-hybridized carbons (Fsp3) is 0.417. The number of anilines is 1. The van der Waals surface area contributed by atoms with Crippen LogP contribution in [-0.4, -0.2) is 4.98 Å². The van der Waals surface area contributed by atoms with Gasteiger partial charge in [-0.1, -0.05) is 20.8 Å². The van der Waals surface area contributed by atoms with Crippen LogP contribution < -0.4 is 5.73 Å². The van der Waals surface area contributed by atoms with Crippen LogP contribution >= 0.6 is 11.3 Å². The quantitative estimate of drug-likeness (QED) is 0.840. The highest BCUT2D eigenvalue weighted by atomic mass is 32.1. The Morgan fingerprint density at radius 2 is 2.20 bits per heavy atom. The van der Waals surface area contributed by atoms with Crippen LogP contribution in [0.1, 0.15) is 32.8 Å². The second-order valence-corrected chi connectivity index (χ2v) is 5.51. The SMILES string of the molecule is CCC(C)(C)c1c(N)sc2cccnc12. The molecule has 0 bridgehead atoms. The first-order valence-electron chi connectivity index (χ1n) is 5.19. The molecule has 0 spiro atoms. The van der Waals surface area contributed by atoms with Crippen molar-refractivity contribution in [1.29, 1.82) is 0 Å². The summed E-state index contributed by atoms with van der Waals surface area (Å²) >= 11 is 1.64. The van der Waals surface area contributed by atoms with Gasteiger partial charge in [-0.25, -0.2) is 0 Å². The number of pyridine rings is 1. The van der Waals surface area contributed by atoms with E-state index in [0.29, 0.717) is 0 Å². The summed E-state index contributed by atoms with van der Waals surface area (Å²) in [5, 5.41) is 0.913. The van der Waals surface area contributed by atoms with Gasteiger partial charge in [0.15, 0.2) is 0 Å². The molecule has 0 saturated carbocycles. The predicted molar refractivity (Wildman–Crippen MR) is 67.3 cm³/mol. The van der Waals surface area contributed by atoms with Gasteiger partial charge in [-0.15, -0.1) is 11.3 Å². The smallest absolute Gasteiger partial charge is 0.0923 e. The third-order valence-corrected chi connectivity index (χ3v) is 4.01. The van der Waals surface area contributed by atoms with Crippen LogP contribution in [0.3, 0.4) is 0 Å². The van der Waals surface area contributed by atoms with E-state index in [2.05, 4.69) is 31.8 Å². The summed E-state index contributed by atoms with van der Waals surface area (Å²) in [6, 6.07) is 4.04. The highest BCUT2D eigenvalue weighted by Crippen LogP contribution is 2.41. The van der Waals surface area contributed by atoms with E-state index in [9.17, 15) is 0 Å². The Hall–Kier alpha value is -1.09. The monoisotopic (exact) mass is 220 g/mol. The molecule has 80 valence electrons. The molecule has 0 aliphatic carbocycles. The number of nitrogens with two attached hydrogens (primary N) is 1. The van der Waals surface area contributed by atoms with Gasteiger partial charge in [0.05, 0.1) is 15.2 Å². The van der Waals surface area contributed by atoms with Gasteiger partial charge in [-0.05, 0) is 24.0 Å². The Labute approximate surface area is 94.1 Å². The van der Waals surface area contributed by atoms with E-state index in [1.54, 1.807) is 11.3 Å². The Balaban J connectivity index is 2.74. The van der Waals surface area contributed by atoms with E-state index in [4.69, 9.17) is 5.73 Å². The molecule has 2 heterocycles. The van der Waals surface area contributed by atoms with Crippen LogP contribution in [0, 0.1) is 0 Å². The predicted octanol–water partition coefficient (Wildman–Crippen LogP) is 3.57. The van der Waals surface area contributed by atoms with E-state index in [1.165, 1.54) is 10.3 Å². The molecule has 0 unspecified atom stereocenters. The molecule has 2 aromatic rings. The molecule has 2 rings (SSSR count). The molecule has 0 aliphatic rings. The van der Waals surface area contributed by atoms with Crippen LogP contribution in [-0.2, 0) is 5.41 Å². The average Bonchev–Trinajstić information content (AvgIpc) is 2.54. The van der Waals surface area contributed by atoms with Gasteiger partial charge in [0.2, 0.25) is 0 Å². The number of nitrogen functional groups attached to an aromatic ring is 1. The van der Waals surface area contributed by atoms with Gasteiger partial charge in [0, 0.05) is 11.8 Å². The standard InChI is InChI=1S/C12H16N2S/c1-4-12(2,3)9-10-8(15-11(9)13)6-5-7-14-10/h5-7H,4,13H2,1-3H3. The first kappa shape index (κ1) is 10.4. The Kier molecular flexibility index (Phi) is 2.43. The summed E-state index contributed by atoms with van der Waals surface area (Å²) in [6.45, 7) is 6.63. The maximum atomic E-state index is 6.09. The van der Waals surface area contributed by atoms with E-state index in [-0.39, 0.29) is 5.41 Å². The van der Waals surface area contributed by atoms with Crippen molar-refractivity contribution in [3.8, 4) is 0 Å². The second-order valence-electron chi connectivity index (χ2n) is 4.43. The van der Waals surface area contributed by atoms with E-state index in [0.717, 1.165) is 16.9 Å². The lowest BCUT2D eigenvalue weighted by molar-refractivity contribution is 0.513. The second kappa shape index (κ2) is 3.49. The zero-order valence-electron chi connectivity index (χ0n) is 9.37. The normalized spacial score (nSPS) is 12.2. The Bertz CT molecular complexity index is 485. The highest BCUT2D eigenvalue weighted by molar-refractivity contribution is 7.22. The molecule has 0 atom stereocenters. The van der Waals surface area contributed by atoms with Crippen molar-refractivity contribution in [2.24, 2.45) is 0 Å². The number of aromatic nitrogens is 1. The summed E-state index contributed by atoms with van der Waals surface area (Å²) in [7, 11) is 0. The van der Waals surface area contributed by atoms with Crippen molar-refractivity contribution in [2.75, 3.05) is 5.73 Å².